The molecule has 0 fully saturated rings. The summed E-state index contributed by atoms with van der Waals surface area (Å²) in [6.07, 6.45) is 0. The maximum atomic E-state index is 13.7. The number of halogens is 1. The second-order valence-corrected chi connectivity index (χ2v) is 4.23. The molecule has 0 heterocycles. The van der Waals surface area contributed by atoms with Crippen LogP contribution in [0.2, 0.25) is 0 Å². The smallest absolute Gasteiger partial charge is 0.326 e. The molecule has 0 amide bonds. The van der Waals surface area contributed by atoms with Crippen LogP contribution in [-0.4, -0.2) is 37.2 Å². The van der Waals surface area contributed by atoms with Gasteiger partial charge in [-0.25, -0.2) is 4.39 Å². The molecule has 0 bridgehead atoms. The number of carbonyl (C=O) groups excluding carboxylic acids is 1. The molecule has 8 heteroatoms. The van der Waals surface area contributed by atoms with E-state index in [4.69, 9.17) is 9.47 Å². The monoisotopic (exact) mass is 300 g/mol. The molecular weight excluding hydrogens is 283 g/mol. The summed E-state index contributed by atoms with van der Waals surface area (Å²) in [7, 11) is 1.54. The van der Waals surface area contributed by atoms with E-state index in [1.807, 2.05) is 0 Å². The predicted octanol–water partition coefficient (Wildman–Crippen LogP) is 1.57. The third-order valence-corrected chi connectivity index (χ3v) is 2.77. The third kappa shape index (κ3) is 4.38. The van der Waals surface area contributed by atoms with Crippen molar-refractivity contribution in [2.45, 2.75) is 19.9 Å². The first-order chi connectivity index (χ1) is 9.90. The molecule has 21 heavy (non-hydrogen) atoms. The minimum Gasteiger partial charge on any atom is -0.488 e. The minimum absolute atomic E-state index is 0.149. The molecule has 0 saturated heterocycles. The van der Waals surface area contributed by atoms with Crippen molar-refractivity contribution >= 4 is 11.7 Å². The number of nitrogens with zero attached hydrogens (tertiary/aromatic N) is 1. The first-order valence-corrected chi connectivity index (χ1v) is 6.31. The van der Waals surface area contributed by atoms with Crippen LogP contribution in [0.15, 0.2) is 12.1 Å². The van der Waals surface area contributed by atoms with E-state index in [9.17, 15) is 19.3 Å². The number of hydrogen-bond donors (Lipinski definition) is 1. The van der Waals surface area contributed by atoms with Crippen LogP contribution >= 0.6 is 0 Å². The average molecular weight is 300 g/mol. The third-order valence-electron chi connectivity index (χ3n) is 2.77. The van der Waals surface area contributed by atoms with E-state index < -0.39 is 22.8 Å². The highest BCUT2D eigenvalue weighted by Gasteiger charge is 2.21. The normalized spacial score (nSPS) is 11.8. The van der Waals surface area contributed by atoms with E-state index >= 15 is 0 Å². The maximum Gasteiger partial charge on any atom is 0.326 e. The Hall–Kier alpha value is -2.22. The van der Waals surface area contributed by atoms with E-state index in [0.717, 1.165) is 6.07 Å². The van der Waals surface area contributed by atoms with Gasteiger partial charge in [0.1, 0.15) is 12.6 Å². The van der Waals surface area contributed by atoms with Gasteiger partial charge in [-0.1, -0.05) is 0 Å². The quantitative estimate of drug-likeness (QED) is 0.467. The Labute approximate surface area is 121 Å². The fourth-order valence-corrected chi connectivity index (χ4v) is 1.64. The summed E-state index contributed by atoms with van der Waals surface area (Å²) in [5.41, 5.74) is -0.0519. The Kier molecular flexibility index (Phi) is 6.04. The van der Waals surface area contributed by atoms with Crippen LogP contribution in [0.25, 0.3) is 0 Å². The van der Waals surface area contributed by atoms with E-state index in [1.54, 1.807) is 14.0 Å². The zero-order valence-corrected chi connectivity index (χ0v) is 12.0. The highest BCUT2D eigenvalue weighted by molar-refractivity contribution is 5.75. The second-order valence-electron chi connectivity index (χ2n) is 4.23. The van der Waals surface area contributed by atoms with Crippen LogP contribution in [0.5, 0.6) is 5.75 Å². The van der Waals surface area contributed by atoms with E-state index in [-0.39, 0.29) is 30.2 Å². The van der Waals surface area contributed by atoms with Crippen molar-refractivity contribution < 1.29 is 23.6 Å². The van der Waals surface area contributed by atoms with Crippen molar-refractivity contribution in [1.29, 1.82) is 0 Å². The van der Waals surface area contributed by atoms with Crippen LogP contribution in [0.1, 0.15) is 12.5 Å². The Bertz CT molecular complexity index is 536. The SMILES string of the molecule is CCOC(=O)C(COc1cc(C)c([N+](=O)[O-])cc1F)NC. The maximum absolute atomic E-state index is 13.7. The van der Waals surface area contributed by atoms with E-state index in [1.165, 1.54) is 13.0 Å². The molecule has 0 aliphatic rings. The van der Waals surface area contributed by atoms with Gasteiger partial charge in [0.2, 0.25) is 0 Å². The number of benzene rings is 1. The number of ether oxygens (including phenoxy) is 2. The summed E-state index contributed by atoms with van der Waals surface area (Å²) < 4.78 is 23.8. The Morgan fingerprint density at radius 1 is 1.52 bits per heavy atom. The minimum atomic E-state index is -0.856. The van der Waals surface area contributed by atoms with Crippen molar-refractivity contribution in [3.05, 3.63) is 33.6 Å². The molecule has 1 rings (SSSR count). The number of likely N-dealkylation sites (N-methyl/N-ethyl adjacent to an activating group) is 1. The van der Waals surface area contributed by atoms with Gasteiger partial charge in [0.05, 0.1) is 17.6 Å². The standard InChI is InChI=1S/C13H17FN2O5/c1-4-20-13(17)10(15-3)7-21-12-5-8(2)11(16(18)19)6-9(12)14/h5-6,10,15H,4,7H2,1-3H3. The van der Waals surface area contributed by atoms with Gasteiger partial charge in [-0.15, -0.1) is 0 Å². The topological polar surface area (TPSA) is 90.7 Å². The van der Waals surface area contributed by atoms with Crippen molar-refractivity contribution in [2.24, 2.45) is 0 Å². The van der Waals surface area contributed by atoms with Gasteiger partial charge >= 0.3 is 5.97 Å². The summed E-state index contributed by atoms with van der Waals surface area (Å²) in [5, 5.41) is 13.4. The van der Waals surface area contributed by atoms with Gasteiger partial charge < -0.3 is 14.8 Å². The number of nitro benzene ring substituents is 1. The number of aryl methyl sites for hydroxylation is 1. The number of carbonyl (C=O) groups is 1. The first-order valence-electron chi connectivity index (χ1n) is 6.31. The summed E-state index contributed by atoms with van der Waals surface area (Å²) in [4.78, 5) is 21.6. The average Bonchev–Trinajstić information content (AvgIpc) is 2.42. The molecule has 1 atom stereocenters. The highest BCUT2D eigenvalue weighted by atomic mass is 19.1. The van der Waals surface area contributed by atoms with Crippen molar-refractivity contribution in [1.82, 2.24) is 5.32 Å². The summed E-state index contributed by atoms with van der Waals surface area (Å²) in [6, 6.07) is 1.27. The summed E-state index contributed by atoms with van der Waals surface area (Å²) in [6.45, 7) is 3.22. The molecule has 1 aromatic carbocycles. The van der Waals surface area contributed by atoms with Gasteiger partial charge in [-0.2, -0.15) is 0 Å². The van der Waals surface area contributed by atoms with Gasteiger partial charge in [0, 0.05) is 5.56 Å². The van der Waals surface area contributed by atoms with Gasteiger partial charge in [0.25, 0.3) is 5.69 Å². The molecule has 1 unspecified atom stereocenters. The Morgan fingerprint density at radius 3 is 2.71 bits per heavy atom. The molecule has 1 N–H and O–H groups in total. The van der Waals surface area contributed by atoms with Crippen LogP contribution in [0.4, 0.5) is 10.1 Å². The molecule has 0 aliphatic heterocycles. The number of hydrogen-bond acceptors (Lipinski definition) is 6. The Balaban J connectivity index is 2.81. The van der Waals surface area contributed by atoms with Gasteiger partial charge in [-0.05, 0) is 27.0 Å². The lowest BCUT2D eigenvalue weighted by Gasteiger charge is -2.16. The van der Waals surface area contributed by atoms with Crippen LogP contribution in [0, 0.1) is 22.9 Å². The van der Waals surface area contributed by atoms with Crippen LogP contribution < -0.4 is 10.1 Å². The fourth-order valence-electron chi connectivity index (χ4n) is 1.64. The van der Waals surface area contributed by atoms with Crippen LogP contribution in [-0.2, 0) is 9.53 Å². The first kappa shape index (κ1) is 16.8. The highest BCUT2D eigenvalue weighted by Crippen LogP contribution is 2.27. The molecule has 0 aliphatic carbocycles. The van der Waals surface area contributed by atoms with E-state index in [2.05, 4.69) is 5.32 Å². The van der Waals surface area contributed by atoms with Crippen molar-refractivity contribution in [3.63, 3.8) is 0 Å². The molecule has 0 aromatic heterocycles. The molecule has 1 aromatic rings. The summed E-state index contributed by atoms with van der Waals surface area (Å²) >= 11 is 0. The zero-order chi connectivity index (χ0) is 16.0. The molecule has 7 nitrogen and oxygen atoms in total. The fraction of sp³-hybridized carbons (Fsp3) is 0.462. The lowest BCUT2D eigenvalue weighted by atomic mass is 10.2. The van der Waals surface area contributed by atoms with Crippen LogP contribution in [0.3, 0.4) is 0 Å². The number of esters is 1. The molecule has 0 radical (unpaired) electrons. The van der Waals surface area contributed by atoms with Gasteiger partial charge in [-0.3, -0.25) is 14.9 Å². The lowest BCUT2D eigenvalue weighted by molar-refractivity contribution is -0.385. The lowest BCUT2D eigenvalue weighted by Crippen LogP contribution is -2.40. The Morgan fingerprint density at radius 2 is 2.19 bits per heavy atom. The molecule has 0 spiro atoms. The van der Waals surface area contributed by atoms with Gasteiger partial charge in [0.15, 0.2) is 11.6 Å². The molecule has 116 valence electrons. The molecular formula is C13H17FN2O5. The number of rotatable bonds is 7. The van der Waals surface area contributed by atoms with Crippen molar-refractivity contribution in [2.75, 3.05) is 20.3 Å². The predicted molar refractivity (Wildman–Crippen MR) is 72.8 cm³/mol. The number of nitrogens with one attached hydrogen (secondary N) is 1. The van der Waals surface area contributed by atoms with Crippen molar-refractivity contribution in [3.8, 4) is 5.75 Å². The summed E-state index contributed by atoms with van der Waals surface area (Å²) in [5.74, 6) is -1.52. The largest absolute Gasteiger partial charge is 0.488 e. The second kappa shape index (κ2) is 7.53. The number of nitro groups is 1. The molecule has 0 saturated carbocycles. The zero-order valence-electron chi connectivity index (χ0n) is 12.0. The van der Waals surface area contributed by atoms with E-state index in [0.29, 0.717) is 0 Å².